The van der Waals surface area contributed by atoms with Gasteiger partial charge in [-0.15, -0.1) is 0 Å². The van der Waals surface area contributed by atoms with E-state index in [0.717, 1.165) is 38.8 Å². The van der Waals surface area contributed by atoms with Gasteiger partial charge < -0.3 is 10.6 Å². The smallest absolute Gasteiger partial charge is 0.235 e. The Balaban J connectivity index is 2.90. The summed E-state index contributed by atoms with van der Waals surface area (Å²) in [6, 6.07) is 0. The van der Waals surface area contributed by atoms with Crippen molar-refractivity contribution in [3.05, 3.63) is 0 Å². The van der Waals surface area contributed by atoms with Crippen molar-refractivity contribution >= 4 is 23.1 Å². The molecule has 0 radical (unpaired) electrons. The highest BCUT2D eigenvalue weighted by Crippen LogP contribution is 2.38. The summed E-state index contributed by atoms with van der Waals surface area (Å²) in [5, 5.41) is 0. The van der Waals surface area contributed by atoms with Crippen molar-refractivity contribution in [1.29, 1.82) is 0 Å². The zero-order valence-electron chi connectivity index (χ0n) is 11.9. The van der Waals surface area contributed by atoms with Crippen molar-refractivity contribution in [2.24, 2.45) is 17.1 Å². The summed E-state index contributed by atoms with van der Waals surface area (Å²) in [5.74, 6) is 0.631. The van der Waals surface area contributed by atoms with Gasteiger partial charge in [-0.2, -0.15) is 0 Å². The Hall–Kier alpha value is -0.640. The van der Waals surface area contributed by atoms with Crippen LogP contribution in [0, 0.1) is 11.3 Å². The van der Waals surface area contributed by atoms with Gasteiger partial charge in [0.1, 0.15) is 0 Å². The normalized spacial score (nSPS) is 18.7. The van der Waals surface area contributed by atoms with E-state index < -0.39 is 5.41 Å². The van der Waals surface area contributed by atoms with Crippen LogP contribution in [0.15, 0.2) is 0 Å². The van der Waals surface area contributed by atoms with E-state index >= 15 is 0 Å². The Bertz CT molecular complexity index is 309. The molecule has 1 aliphatic carbocycles. The number of hydrogen-bond donors (Lipinski definition) is 1. The summed E-state index contributed by atoms with van der Waals surface area (Å²) in [6.45, 7) is 7.81. The van der Waals surface area contributed by atoms with Gasteiger partial charge in [-0.3, -0.25) is 4.79 Å². The molecule has 0 aromatic carbocycles. The summed E-state index contributed by atoms with van der Waals surface area (Å²) in [7, 11) is 0. The van der Waals surface area contributed by atoms with Crippen LogP contribution in [-0.2, 0) is 4.79 Å². The maximum Gasteiger partial charge on any atom is 0.235 e. The highest BCUT2D eigenvalue weighted by atomic mass is 32.1. The van der Waals surface area contributed by atoms with E-state index in [4.69, 9.17) is 18.0 Å². The molecule has 1 saturated carbocycles. The number of carbonyl (C=O) groups excluding carboxylic acids is 1. The fourth-order valence-corrected chi connectivity index (χ4v) is 3.11. The molecule has 0 aromatic rings. The molecule has 0 atom stereocenters. The van der Waals surface area contributed by atoms with Gasteiger partial charge in [0.05, 0.1) is 10.4 Å². The van der Waals surface area contributed by atoms with E-state index in [2.05, 4.69) is 13.8 Å². The minimum Gasteiger partial charge on any atom is -0.392 e. The third kappa shape index (κ3) is 3.22. The lowest BCUT2D eigenvalue weighted by Gasteiger charge is -2.39. The zero-order valence-corrected chi connectivity index (χ0v) is 12.7. The van der Waals surface area contributed by atoms with Gasteiger partial charge in [0.15, 0.2) is 0 Å². The third-order valence-electron chi connectivity index (χ3n) is 3.84. The average Bonchev–Trinajstić information content (AvgIpc) is 2.35. The number of hydrogen-bond acceptors (Lipinski definition) is 2. The van der Waals surface area contributed by atoms with E-state index in [1.807, 2.05) is 11.8 Å². The van der Waals surface area contributed by atoms with E-state index in [0.29, 0.717) is 10.9 Å². The Morgan fingerprint density at radius 1 is 1.33 bits per heavy atom. The summed E-state index contributed by atoms with van der Waals surface area (Å²) < 4.78 is 0. The first kappa shape index (κ1) is 15.4. The maximum atomic E-state index is 12.8. The maximum absolute atomic E-state index is 12.8. The van der Waals surface area contributed by atoms with Crippen LogP contribution in [0.3, 0.4) is 0 Å². The highest BCUT2D eigenvalue weighted by molar-refractivity contribution is 7.80. The van der Waals surface area contributed by atoms with E-state index in [1.54, 1.807) is 0 Å². The van der Waals surface area contributed by atoms with Gasteiger partial charge >= 0.3 is 0 Å². The van der Waals surface area contributed by atoms with Gasteiger partial charge in [-0.05, 0) is 25.7 Å². The minimum atomic E-state index is -0.557. The number of thiocarbonyl (C=S) groups is 1. The molecule has 104 valence electrons. The lowest BCUT2D eigenvalue weighted by molar-refractivity contribution is -0.140. The first-order valence-corrected chi connectivity index (χ1v) is 7.44. The molecule has 1 amide bonds. The second kappa shape index (κ2) is 6.50. The number of carbonyl (C=O) groups is 1. The van der Waals surface area contributed by atoms with Crippen LogP contribution in [0.5, 0.6) is 0 Å². The molecular weight excluding hydrogens is 244 g/mol. The van der Waals surface area contributed by atoms with Gasteiger partial charge in [-0.1, -0.05) is 45.3 Å². The van der Waals surface area contributed by atoms with Crippen LogP contribution in [-0.4, -0.2) is 28.9 Å². The largest absolute Gasteiger partial charge is 0.392 e. The average molecular weight is 270 g/mol. The number of amides is 1. The predicted octanol–water partition coefficient (Wildman–Crippen LogP) is 2.73. The molecule has 1 fully saturated rings. The van der Waals surface area contributed by atoms with Crippen LogP contribution in [0.1, 0.15) is 52.9 Å². The molecule has 2 N–H and O–H groups in total. The van der Waals surface area contributed by atoms with Gasteiger partial charge in [-0.25, -0.2) is 0 Å². The van der Waals surface area contributed by atoms with Crippen molar-refractivity contribution < 1.29 is 4.79 Å². The van der Waals surface area contributed by atoms with Crippen molar-refractivity contribution in [1.82, 2.24) is 4.90 Å². The lowest BCUT2D eigenvalue weighted by atomic mass is 9.72. The second-order valence-electron chi connectivity index (χ2n) is 5.74. The van der Waals surface area contributed by atoms with Crippen molar-refractivity contribution in [3.63, 3.8) is 0 Å². The summed E-state index contributed by atoms with van der Waals surface area (Å²) in [4.78, 5) is 15.1. The second-order valence-corrected chi connectivity index (χ2v) is 6.18. The lowest BCUT2D eigenvalue weighted by Crippen LogP contribution is -2.52. The van der Waals surface area contributed by atoms with Crippen LogP contribution in [0.25, 0.3) is 0 Å². The fraction of sp³-hybridized carbons (Fsp3) is 0.857. The van der Waals surface area contributed by atoms with Crippen LogP contribution >= 0.6 is 12.2 Å². The molecule has 3 nitrogen and oxygen atoms in total. The van der Waals surface area contributed by atoms with E-state index in [-0.39, 0.29) is 5.91 Å². The number of nitrogens with two attached hydrogens (primary N) is 1. The zero-order chi connectivity index (χ0) is 13.8. The summed E-state index contributed by atoms with van der Waals surface area (Å²) >= 11 is 5.21. The first-order valence-electron chi connectivity index (χ1n) is 7.03. The number of nitrogens with zero attached hydrogens (tertiary/aromatic N) is 1. The Labute approximate surface area is 116 Å². The molecule has 0 unspecified atom stereocenters. The van der Waals surface area contributed by atoms with Gasteiger partial charge in [0.2, 0.25) is 5.91 Å². The van der Waals surface area contributed by atoms with Gasteiger partial charge in [0.25, 0.3) is 0 Å². The fourth-order valence-electron chi connectivity index (χ4n) is 2.82. The molecule has 0 heterocycles. The highest BCUT2D eigenvalue weighted by Gasteiger charge is 2.44. The van der Waals surface area contributed by atoms with Crippen LogP contribution in [0.4, 0.5) is 0 Å². The summed E-state index contributed by atoms with van der Waals surface area (Å²) in [5.41, 5.74) is 5.35. The molecular formula is C14H26N2OS. The van der Waals surface area contributed by atoms with Crippen LogP contribution < -0.4 is 5.73 Å². The van der Waals surface area contributed by atoms with Crippen LogP contribution in [0.2, 0.25) is 0 Å². The summed E-state index contributed by atoms with van der Waals surface area (Å²) in [6.07, 6.45) is 4.96. The topological polar surface area (TPSA) is 46.3 Å². The van der Waals surface area contributed by atoms with Crippen molar-refractivity contribution in [3.8, 4) is 0 Å². The standard InChI is InChI=1S/C14H26N2OS/c1-4-16(10-11(2)3)13(17)14(12(15)18)8-6-5-7-9-14/h11H,4-10H2,1-3H3,(H2,15,18). The Morgan fingerprint density at radius 2 is 1.89 bits per heavy atom. The van der Waals surface area contributed by atoms with E-state index in [9.17, 15) is 4.79 Å². The molecule has 0 aliphatic heterocycles. The van der Waals surface area contributed by atoms with Gasteiger partial charge in [0, 0.05) is 13.1 Å². The molecule has 0 aromatic heterocycles. The SMILES string of the molecule is CCN(CC(C)C)C(=O)C1(C(N)=S)CCCCC1. The molecule has 0 saturated heterocycles. The third-order valence-corrected chi connectivity index (χ3v) is 4.23. The Morgan fingerprint density at radius 3 is 2.28 bits per heavy atom. The molecule has 18 heavy (non-hydrogen) atoms. The first-order chi connectivity index (χ1) is 8.44. The predicted molar refractivity (Wildman–Crippen MR) is 79.4 cm³/mol. The quantitative estimate of drug-likeness (QED) is 0.781. The molecule has 0 bridgehead atoms. The molecule has 1 rings (SSSR count). The Kier molecular flexibility index (Phi) is 5.57. The molecule has 4 heteroatoms. The van der Waals surface area contributed by atoms with Crippen molar-refractivity contribution in [2.75, 3.05) is 13.1 Å². The monoisotopic (exact) mass is 270 g/mol. The molecule has 0 spiro atoms. The minimum absolute atomic E-state index is 0.158. The van der Waals surface area contributed by atoms with Crippen molar-refractivity contribution in [2.45, 2.75) is 52.9 Å². The van der Waals surface area contributed by atoms with E-state index in [1.165, 1.54) is 6.42 Å². The molecule has 1 aliphatic rings. The number of rotatable bonds is 5.